The number of pyridine rings is 1. The van der Waals surface area contributed by atoms with Gasteiger partial charge in [-0.1, -0.05) is 56.3 Å². The Kier molecular flexibility index (Phi) is 7.32. The van der Waals surface area contributed by atoms with Crippen LogP contribution in [0.5, 0.6) is 0 Å². The number of hydrogen-bond donors (Lipinski definition) is 0. The minimum atomic E-state index is -0.310. The Morgan fingerprint density at radius 2 is 1.65 bits per heavy atom. The van der Waals surface area contributed by atoms with Gasteiger partial charge in [0.25, 0.3) is 5.56 Å². The monoisotopic (exact) mass is 538 g/mol. The summed E-state index contributed by atoms with van der Waals surface area (Å²) < 4.78 is 10.4. The van der Waals surface area contributed by atoms with Crippen LogP contribution in [0.25, 0.3) is 33.1 Å². The Hall–Kier alpha value is -4.08. The van der Waals surface area contributed by atoms with Crippen molar-refractivity contribution < 1.29 is 4.74 Å². The van der Waals surface area contributed by atoms with Crippen molar-refractivity contribution in [3.8, 4) is 11.3 Å². The summed E-state index contributed by atoms with van der Waals surface area (Å²) in [6, 6.07) is 18.3. The molecular weight excluding hydrogens is 504 g/mol. The third-order valence-corrected chi connectivity index (χ3v) is 7.56. The highest BCUT2D eigenvalue weighted by molar-refractivity contribution is 5.91. The maximum Gasteiger partial charge on any atom is 0.332 e. The van der Waals surface area contributed by atoms with Crippen molar-refractivity contribution >= 4 is 21.8 Å². The van der Waals surface area contributed by atoms with E-state index in [2.05, 4.69) is 48.0 Å². The Balaban J connectivity index is 1.56. The molecule has 5 aromatic rings. The number of ether oxygens (including phenoxy) is 1. The number of hydrogen-bond acceptors (Lipinski definition) is 6. The molecule has 3 aromatic heterocycles. The minimum absolute atomic E-state index is 0.193. The lowest BCUT2D eigenvalue weighted by Gasteiger charge is -2.26. The van der Waals surface area contributed by atoms with E-state index < -0.39 is 0 Å². The van der Waals surface area contributed by atoms with Crippen LogP contribution in [0.3, 0.4) is 0 Å². The summed E-state index contributed by atoms with van der Waals surface area (Å²) in [6.45, 7) is 8.90. The fourth-order valence-electron chi connectivity index (χ4n) is 5.60. The van der Waals surface area contributed by atoms with Crippen molar-refractivity contribution in [2.24, 2.45) is 5.92 Å². The van der Waals surface area contributed by atoms with Crippen LogP contribution in [0.4, 0.5) is 0 Å². The summed E-state index contributed by atoms with van der Waals surface area (Å²) in [6.07, 6.45) is 3.44. The van der Waals surface area contributed by atoms with Crippen LogP contribution in [0.1, 0.15) is 19.4 Å². The van der Waals surface area contributed by atoms with Gasteiger partial charge >= 0.3 is 5.69 Å². The first-order valence-electron chi connectivity index (χ1n) is 13.9. The number of fused-ring (bicyclic) bond motifs is 2. The number of benzene rings is 2. The number of aromatic nitrogens is 5. The van der Waals surface area contributed by atoms with Gasteiger partial charge in [-0.25, -0.2) is 4.79 Å². The SMILES string of the molecule is CC(C)Cn1c(=O)n(CCN2CCOCC2)c(=O)c2c(-c3ccncc3)n(Cc3cccc4ccccc34)nc21. The van der Waals surface area contributed by atoms with Gasteiger partial charge in [0.15, 0.2) is 5.65 Å². The lowest BCUT2D eigenvalue weighted by molar-refractivity contribution is 0.0361. The quantitative estimate of drug-likeness (QED) is 0.300. The first-order chi connectivity index (χ1) is 19.5. The van der Waals surface area contributed by atoms with E-state index in [0.29, 0.717) is 56.1 Å². The van der Waals surface area contributed by atoms with Crippen molar-refractivity contribution in [2.75, 3.05) is 32.8 Å². The van der Waals surface area contributed by atoms with E-state index in [9.17, 15) is 9.59 Å². The molecule has 0 amide bonds. The van der Waals surface area contributed by atoms with Crippen LogP contribution in [0.2, 0.25) is 0 Å². The van der Waals surface area contributed by atoms with Gasteiger partial charge < -0.3 is 4.74 Å². The molecular formula is C31H34N6O3. The maximum atomic E-state index is 14.2. The Morgan fingerprint density at radius 3 is 2.42 bits per heavy atom. The first kappa shape index (κ1) is 26.2. The lowest BCUT2D eigenvalue weighted by Crippen LogP contribution is -2.45. The fourth-order valence-corrected chi connectivity index (χ4v) is 5.60. The van der Waals surface area contributed by atoms with Gasteiger partial charge in [-0.3, -0.25) is 28.5 Å². The highest BCUT2D eigenvalue weighted by Crippen LogP contribution is 2.28. The zero-order valence-corrected chi connectivity index (χ0v) is 23.0. The van der Waals surface area contributed by atoms with E-state index in [4.69, 9.17) is 9.84 Å². The molecule has 0 N–H and O–H groups in total. The van der Waals surface area contributed by atoms with Crippen LogP contribution in [-0.2, 0) is 24.4 Å². The maximum absolute atomic E-state index is 14.2. The van der Waals surface area contributed by atoms with Crippen LogP contribution in [0, 0.1) is 5.92 Å². The van der Waals surface area contributed by atoms with Gasteiger partial charge in [-0.2, -0.15) is 5.10 Å². The average molecular weight is 539 g/mol. The second kappa shape index (κ2) is 11.2. The predicted molar refractivity (Wildman–Crippen MR) is 157 cm³/mol. The van der Waals surface area contributed by atoms with Gasteiger partial charge in [-0.05, 0) is 34.4 Å². The first-order valence-corrected chi connectivity index (χ1v) is 13.9. The van der Waals surface area contributed by atoms with E-state index in [0.717, 1.165) is 35.0 Å². The Bertz CT molecular complexity index is 1760. The highest BCUT2D eigenvalue weighted by atomic mass is 16.5. The standard InChI is InChI=1S/C31H34N6O3/c1-22(2)20-36-29-27(30(38)35(31(36)39)15-14-34-16-18-40-19-17-34)28(24-10-12-32-13-11-24)37(33-29)21-25-8-5-7-23-6-3-4-9-26(23)25/h3-13,22H,14-21H2,1-2H3. The Morgan fingerprint density at radius 1 is 0.900 bits per heavy atom. The van der Waals surface area contributed by atoms with Gasteiger partial charge in [-0.15, -0.1) is 0 Å². The smallest absolute Gasteiger partial charge is 0.332 e. The molecule has 4 heterocycles. The summed E-state index contributed by atoms with van der Waals surface area (Å²) in [7, 11) is 0. The summed E-state index contributed by atoms with van der Waals surface area (Å²) in [5.74, 6) is 0.193. The molecule has 6 rings (SSSR count). The molecule has 0 aliphatic carbocycles. The zero-order chi connectivity index (χ0) is 27.6. The van der Waals surface area contributed by atoms with Crippen LogP contribution >= 0.6 is 0 Å². The van der Waals surface area contributed by atoms with Crippen LogP contribution in [0.15, 0.2) is 76.6 Å². The lowest BCUT2D eigenvalue weighted by atomic mass is 10.0. The molecule has 1 aliphatic rings. The molecule has 40 heavy (non-hydrogen) atoms. The number of nitrogens with zero attached hydrogens (tertiary/aromatic N) is 6. The second-order valence-electron chi connectivity index (χ2n) is 10.8. The molecule has 1 aliphatic heterocycles. The van der Waals surface area contributed by atoms with E-state index >= 15 is 0 Å². The third kappa shape index (κ3) is 4.98. The largest absolute Gasteiger partial charge is 0.379 e. The molecule has 0 bridgehead atoms. The third-order valence-electron chi connectivity index (χ3n) is 7.56. The molecule has 0 saturated carbocycles. The van der Waals surface area contributed by atoms with Crippen LogP contribution in [-0.4, -0.2) is 61.6 Å². The molecule has 0 atom stereocenters. The molecule has 2 aromatic carbocycles. The highest BCUT2D eigenvalue weighted by Gasteiger charge is 2.24. The fraction of sp³-hybridized carbons (Fsp3) is 0.355. The normalized spacial score (nSPS) is 14.5. The molecule has 0 spiro atoms. The van der Waals surface area contributed by atoms with E-state index in [1.807, 2.05) is 35.0 Å². The van der Waals surface area contributed by atoms with Crippen molar-refractivity contribution in [2.45, 2.75) is 33.5 Å². The second-order valence-corrected chi connectivity index (χ2v) is 10.8. The van der Waals surface area contributed by atoms with Crippen molar-refractivity contribution in [3.63, 3.8) is 0 Å². The van der Waals surface area contributed by atoms with Gasteiger partial charge in [0.2, 0.25) is 0 Å². The van der Waals surface area contributed by atoms with E-state index in [1.165, 1.54) is 4.57 Å². The summed E-state index contributed by atoms with van der Waals surface area (Å²) in [4.78, 5) is 34.4. The summed E-state index contributed by atoms with van der Waals surface area (Å²) >= 11 is 0. The van der Waals surface area contributed by atoms with Crippen molar-refractivity contribution in [3.05, 3.63) is 93.4 Å². The minimum Gasteiger partial charge on any atom is -0.379 e. The number of morpholine rings is 1. The predicted octanol–water partition coefficient (Wildman–Crippen LogP) is 3.61. The van der Waals surface area contributed by atoms with Crippen molar-refractivity contribution in [1.29, 1.82) is 0 Å². The van der Waals surface area contributed by atoms with Crippen molar-refractivity contribution in [1.82, 2.24) is 28.8 Å². The molecule has 206 valence electrons. The average Bonchev–Trinajstić information content (AvgIpc) is 3.35. The van der Waals surface area contributed by atoms with E-state index in [-0.39, 0.29) is 17.2 Å². The topological polar surface area (TPSA) is 87.2 Å². The van der Waals surface area contributed by atoms with E-state index in [1.54, 1.807) is 17.0 Å². The molecule has 1 saturated heterocycles. The number of rotatable bonds is 8. The molecule has 0 radical (unpaired) electrons. The zero-order valence-electron chi connectivity index (χ0n) is 23.0. The molecule has 9 heteroatoms. The summed E-state index contributed by atoms with van der Waals surface area (Å²) in [5, 5.41) is 7.72. The van der Waals surface area contributed by atoms with Gasteiger partial charge in [0.1, 0.15) is 5.39 Å². The van der Waals surface area contributed by atoms with Crippen LogP contribution < -0.4 is 11.2 Å². The van der Waals surface area contributed by atoms with Gasteiger partial charge in [0.05, 0.1) is 25.5 Å². The molecule has 0 unspecified atom stereocenters. The summed E-state index contributed by atoms with van der Waals surface area (Å²) in [5.41, 5.74) is 2.45. The van der Waals surface area contributed by atoms with Gasteiger partial charge in [0, 0.05) is 50.7 Å². The Labute approximate surface area is 232 Å². The molecule has 1 fully saturated rings. The molecule has 9 nitrogen and oxygen atoms in total.